The second-order valence-corrected chi connectivity index (χ2v) is 7.83. The normalized spacial score (nSPS) is 16.8. The summed E-state index contributed by atoms with van der Waals surface area (Å²) in [5.41, 5.74) is 0.619. The molecule has 12 nitrogen and oxygen atoms in total. The van der Waals surface area contributed by atoms with Crippen molar-refractivity contribution in [2.45, 2.75) is 6.54 Å². The first-order valence-corrected chi connectivity index (χ1v) is 11.1. The number of hydrogen-bond acceptors (Lipinski definition) is 9. The van der Waals surface area contributed by atoms with Gasteiger partial charge in [0.1, 0.15) is 11.5 Å². The first-order valence-electron chi connectivity index (χ1n) is 11.1. The summed E-state index contributed by atoms with van der Waals surface area (Å²) in [6.45, 7) is 1.74. The molecule has 2 aliphatic heterocycles. The van der Waals surface area contributed by atoms with E-state index >= 15 is 0 Å². The van der Waals surface area contributed by atoms with Crippen LogP contribution in [0.1, 0.15) is 21.9 Å². The Balaban J connectivity index is 1.42. The van der Waals surface area contributed by atoms with E-state index < -0.39 is 17.9 Å². The molecule has 3 heterocycles. The number of benzene rings is 1. The number of amides is 4. The Morgan fingerprint density at radius 3 is 2.58 bits per heavy atom. The third kappa shape index (κ3) is 5.49. The van der Waals surface area contributed by atoms with Crippen molar-refractivity contribution in [2.24, 2.45) is 0 Å². The van der Waals surface area contributed by atoms with Crippen molar-refractivity contribution in [2.75, 3.05) is 47.1 Å². The molecular weight excluding hydrogens is 474 g/mol. The summed E-state index contributed by atoms with van der Waals surface area (Å²) in [7, 11) is 2.68. The molecule has 0 bridgehead atoms. The molecular formula is C24H25N3O9. The topological polar surface area (TPSA) is 137 Å². The number of methoxy groups -OCH3 is 2. The predicted molar refractivity (Wildman–Crippen MR) is 123 cm³/mol. The number of nitrogens with zero attached hydrogens (tertiary/aromatic N) is 2. The van der Waals surface area contributed by atoms with Gasteiger partial charge in [-0.25, -0.2) is 9.59 Å². The molecule has 2 aliphatic rings. The van der Waals surface area contributed by atoms with Crippen molar-refractivity contribution in [1.82, 2.24) is 15.1 Å². The quantitative estimate of drug-likeness (QED) is 0.325. The van der Waals surface area contributed by atoms with Crippen LogP contribution in [0, 0.1) is 0 Å². The van der Waals surface area contributed by atoms with Gasteiger partial charge < -0.3 is 33.6 Å². The maximum atomic E-state index is 12.8. The smallest absolute Gasteiger partial charge is 0.373 e. The fraction of sp³-hybridized carbons (Fsp3) is 0.333. The third-order valence-corrected chi connectivity index (χ3v) is 5.54. The van der Waals surface area contributed by atoms with Crippen LogP contribution in [0.5, 0.6) is 11.5 Å². The van der Waals surface area contributed by atoms with Gasteiger partial charge in [0, 0.05) is 13.1 Å². The molecule has 4 amide bonds. The van der Waals surface area contributed by atoms with Crippen molar-refractivity contribution in [3.05, 3.63) is 53.1 Å². The van der Waals surface area contributed by atoms with E-state index in [1.165, 1.54) is 32.4 Å². The van der Waals surface area contributed by atoms with Crippen LogP contribution in [0.2, 0.25) is 0 Å². The lowest BCUT2D eigenvalue weighted by atomic mass is 10.1. The Morgan fingerprint density at radius 1 is 1.08 bits per heavy atom. The van der Waals surface area contributed by atoms with Crippen LogP contribution < -0.4 is 14.8 Å². The van der Waals surface area contributed by atoms with E-state index in [1.54, 1.807) is 23.1 Å². The first-order chi connectivity index (χ1) is 17.4. The van der Waals surface area contributed by atoms with E-state index in [4.69, 9.17) is 18.6 Å². The Kier molecular flexibility index (Phi) is 7.54. The van der Waals surface area contributed by atoms with Gasteiger partial charge in [-0.1, -0.05) is 6.07 Å². The number of nitrogens with one attached hydrogen (secondary N) is 1. The Hall–Kier alpha value is -4.32. The van der Waals surface area contributed by atoms with Gasteiger partial charge in [0.05, 0.1) is 34.0 Å². The maximum absolute atomic E-state index is 12.8. The minimum Gasteiger partial charge on any atom is -0.493 e. The van der Waals surface area contributed by atoms with Crippen LogP contribution in [-0.4, -0.2) is 80.7 Å². The van der Waals surface area contributed by atoms with Gasteiger partial charge in [0.15, 0.2) is 18.1 Å². The van der Waals surface area contributed by atoms with E-state index in [2.05, 4.69) is 10.1 Å². The number of imide groups is 1. The molecule has 190 valence electrons. The van der Waals surface area contributed by atoms with Crippen LogP contribution in [0.3, 0.4) is 0 Å². The molecule has 2 aromatic rings. The van der Waals surface area contributed by atoms with Crippen molar-refractivity contribution in [1.29, 1.82) is 0 Å². The molecule has 1 N–H and O–H groups in total. The fourth-order valence-electron chi connectivity index (χ4n) is 3.65. The molecule has 12 heteroatoms. The first kappa shape index (κ1) is 24.8. The summed E-state index contributed by atoms with van der Waals surface area (Å²) >= 11 is 0. The molecule has 0 radical (unpaired) electrons. The third-order valence-electron chi connectivity index (χ3n) is 5.54. The average Bonchev–Trinajstić information content (AvgIpc) is 3.48. The highest BCUT2D eigenvalue weighted by atomic mass is 16.5. The van der Waals surface area contributed by atoms with Crippen LogP contribution in [0.15, 0.2) is 40.4 Å². The predicted octanol–water partition coefficient (Wildman–Crippen LogP) is 1.41. The van der Waals surface area contributed by atoms with Crippen molar-refractivity contribution in [3.63, 3.8) is 0 Å². The lowest BCUT2D eigenvalue weighted by Gasteiger charge is -2.26. The van der Waals surface area contributed by atoms with Gasteiger partial charge in [-0.15, -0.1) is 0 Å². The largest absolute Gasteiger partial charge is 0.493 e. The number of rotatable bonds is 8. The number of ether oxygens (including phenoxy) is 4. The van der Waals surface area contributed by atoms with Crippen LogP contribution >= 0.6 is 0 Å². The molecule has 1 aromatic heterocycles. The lowest BCUT2D eigenvalue weighted by molar-refractivity contribution is -0.137. The molecule has 0 unspecified atom stereocenters. The van der Waals surface area contributed by atoms with E-state index in [1.807, 2.05) is 0 Å². The van der Waals surface area contributed by atoms with E-state index in [-0.39, 0.29) is 36.3 Å². The highest BCUT2D eigenvalue weighted by molar-refractivity contribution is 6.13. The van der Waals surface area contributed by atoms with Crippen molar-refractivity contribution in [3.8, 4) is 11.5 Å². The highest BCUT2D eigenvalue weighted by Gasteiger charge is 2.34. The molecule has 1 aromatic carbocycles. The van der Waals surface area contributed by atoms with Crippen LogP contribution in [-0.2, 0) is 25.6 Å². The Morgan fingerprint density at radius 2 is 1.86 bits per heavy atom. The zero-order valence-electron chi connectivity index (χ0n) is 19.8. The standard InChI is InChI=1S/C24H25N3O9/c1-32-20-12-15(3-5-18(20)35-14-21(28)26-7-9-34-10-8-26)11-17-22(29)27(24(31)25-17)13-16-4-6-19(36-16)23(30)33-2/h3-6,11-12H,7-10,13-14H2,1-2H3,(H,25,31). The van der Waals surface area contributed by atoms with Gasteiger partial charge in [-0.2, -0.15) is 0 Å². The van der Waals surface area contributed by atoms with Gasteiger partial charge in [-0.05, 0) is 35.9 Å². The minimum atomic E-state index is -0.661. The molecule has 4 rings (SSSR count). The van der Waals surface area contributed by atoms with E-state index in [9.17, 15) is 19.2 Å². The summed E-state index contributed by atoms with van der Waals surface area (Å²) in [5, 5.41) is 2.52. The monoisotopic (exact) mass is 499 g/mol. The molecule has 36 heavy (non-hydrogen) atoms. The number of urea groups is 1. The average molecular weight is 499 g/mol. The number of hydrogen-bond donors (Lipinski definition) is 1. The van der Waals surface area contributed by atoms with Crippen LogP contribution in [0.25, 0.3) is 6.08 Å². The number of furan rings is 1. The minimum absolute atomic E-state index is 0.0311. The second kappa shape index (κ2) is 11.0. The van der Waals surface area contributed by atoms with Gasteiger partial charge in [-0.3, -0.25) is 14.5 Å². The molecule has 0 aliphatic carbocycles. The Bertz CT molecular complexity index is 1200. The van der Waals surface area contributed by atoms with Crippen molar-refractivity contribution >= 4 is 29.9 Å². The molecule has 0 spiro atoms. The zero-order chi connectivity index (χ0) is 25.7. The number of carbonyl (C=O) groups excluding carboxylic acids is 4. The maximum Gasteiger partial charge on any atom is 0.373 e. The summed E-state index contributed by atoms with van der Waals surface area (Å²) < 4.78 is 26.2. The lowest BCUT2D eigenvalue weighted by Crippen LogP contribution is -2.43. The second-order valence-electron chi connectivity index (χ2n) is 7.83. The summed E-state index contributed by atoms with van der Waals surface area (Å²) in [4.78, 5) is 51.7. The van der Waals surface area contributed by atoms with E-state index in [0.29, 0.717) is 43.4 Å². The number of morpholine rings is 1. The molecule has 0 atom stereocenters. The van der Waals surface area contributed by atoms with Gasteiger partial charge in [0.2, 0.25) is 5.76 Å². The molecule has 0 saturated carbocycles. The van der Waals surface area contributed by atoms with Gasteiger partial charge in [0.25, 0.3) is 11.8 Å². The SMILES string of the molecule is COC(=O)c1ccc(CN2C(=O)NC(=Cc3ccc(OCC(=O)N4CCOCC4)c(OC)c3)C2=O)o1. The van der Waals surface area contributed by atoms with Crippen LogP contribution in [0.4, 0.5) is 4.79 Å². The summed E-state index contributed by atoms with van der Waals surface area (Å²) in [6, 6.07) is 7.17. The van der Waals surface area contributed by atoms with E-state index in [0.717, 1.165) is 4.90 Å². The van der Waals surface area contributed by atoms with Gasteiger partial charge >= 0.3 is 12.0 Å². The molecule has 2 fully saturated rings. The fourth-order valence-corrected chi connectivity index (χ4v) is 3.65. The summed E-state index contributed by atoms with van der Waals surface area (Å²) in [5.74, 6) is -0.438. The summed E-state index contributed by atoms with van der Waals surface area (Å²) in [6.07, 6.45) is 1.49. The number of carbonyl (C=O) groups is 4. The van der Waals surface area contributed by atoms with Crippen molar-refractivity contribution < 1.29 is 42.5 Å². The number of esters is 1. The highest BCUT2D eigenvalue weighted by Crippen LogP contribution is 2.29. The Labute approximate surface area is 206 Å². The zero-order valence-corrected chi connectivity index (χ0v) is 19.8. The molecule has 2 saturated heterocycles.